The Morgan fingerprint density at radius 2 is 1.19 bits per heavy atom. The largest absolute Gasteiger partial charge is 0.242 e. The van der Waals surface area contributed by atoms with Crippen LogP contribution in [0.3, 0.4) is 0 Å². The second kappa shape index (κ2) is 12.6. The normalized spacial score (nSPS) is 18.7. The zero-order valence-corrected chi connectivity index (χ0v) is 36.3. The highest BCUT2D eigenvalue weighted by atomic mass is 14.5. The average molecular weight is 763 g/mol. The fourth-order valence-electron chi connectivity index (χ4n) is 12.5. The van der Waals surface area contributed by atoms with Gasteiger partial charge in [-0.25, -0.2) is 0 Å². The number of aryl methyl sites for hydroxylation is 2. The molecule has 0 N–H and O–H groups in total. The number of hydrogen-bond donors (Lipinski definition) is 0. The molecule has 0 bridgehead atoms. The molecular formula is C58H55B. The van der Waals surface area contributed by atoms with Crippen LogP contribution in [0.25, 0.3) is 22.3 Å². The summed E-state index contributed by atoms with van der Waals surface area (Å²) in [6.45, 7) is 21.9. The topological polar surface area (TPSA) is 0 Å². The first-order valence-corrected chi connectivity index (χ1v) is 22.0. The van der Waals surface area contributed by atoms with Crippen LogP contribution in [0.5, 0.6) is 0 Å². The summed E-state index contributed by atoms with van der Waals surface area (Å²) in [6, 6.07) is 52.7. The fraction of sp³-hybridized carbons (Fsp3) is 0.276. The molecule has 4 aliphatic rings. The first-order valence-electron chi connectivity index (χ1n) is 22.0. The lowest BCUT2D eigenvalue weighted by Gasteiger charge is -2.43. The molecule has 290 valence electrons. The Bertz CT molecular complexity index is 2900. The van der Waals surface area contributed by atoms with Crippen LogP contribution < -0.4 is 16.4 Å². The van der Waals surface area contributed by atoms with Gasteiger partial charge in [-0.3, -0.25) is 0 Å². The van der Waals surface area contributed by atoms with Crippen molar-refractivity contribution in [1.29, 1.82) is 0 Å². The van der Waals surface area contributed by atoms with Crippen LogP contribution in [0.15, 0.2) is 133 Å². The van der Waals surface area contributed by atoms with Crippen LogP contribution in [0.2, 0.25) is 0 Å². The highest BCUT2D eigenvalue weighted by Crippen LogP contribution is 2.52. The molecule has 0 fully saturated rings. The average Bonchev–Trinajstić information content (AvgIpc) is 3.67. The van der Waals surface area contributed by atoms with Crippen LogP contribution in [-0.2, 0) is 22.7 Å². The summed E-state index contributed by atoms with van der Waals surface area (Å²) in [6.07, 6.45) is 2.16. The maximum absolute atomic E-state index is 2.70. The molecule has 2 unspecified atom stereocenters. The Hall–Kier alpha value is -5.40. The van der Waals surface area contributed by atoms with Gasteiger partial charge in [0.1, 0.15) is 0 Å². The molecule has 0 saturated carbocycles. The summed E-state index contributed by atoms with van der Waals surface area (Å²) < 4.78 is 0. The van der Waals surface area contributed by atoms with E-state index in [0.29, 0.717) is 0 Å². The maximum atomic E-state index is 2.70. The summed E-state index contributed by atoms with van der Waals surface area (Å²) in [5.74, 6) is 0.245. The minimum atomic E-state index is 0.0261. The van der Waals surface area contributed by atoms with E-state index in [2.05, 4.69) is 196 Å². The van der Waals surface area contributed by atoms with Gasteiger partial charge in [0, 0.05) is 11.8 Å². The number of fused-ring (bicyclic) bond motifs is 8. The number of benzene rings is 7. The molecule has 0 saturated heterocycles. The van der Waals surface area contributed by atoms with E-state index >= 15 is 0 Å². The third-order valence-electron chi connectivity index (χ3n) is 14.9. The lowest BCUT2D eigenvalue weighted by atomic mass is 9.28. The van der Waals surface area contributed by atoms with Gasteiger partial charge in [-0.1, -0.05) is 204 Å². The standard InChI is InChI=1S/C58H55B/c1-34-26-46-53(41-24-22-37(28-35(41)2)36-16-11-10-12-17-36)45-31-48-49(58(8,9)33-57(48,6)7)32-51(45)59-50-25-23-40(56(3,4)5)30-44(50)54(47(27-34)55(46)59)43-21-15-19-39-29-38-18-13-14-20-42(38)52(39)43/h10-28,30-32,53-54H,29,33H2,1-9H3. The summed E-state index contributed by atoms with van der Waals surface area (Å²) >= 11 is 0. The van der Waals surface area contributed by atoms with Crippen molar-refractivity contribution in [3.63, 3.8) is 0 Å². The molecule has 0 spiro atoms. The van der Waals surface area contributed by atoms with Crippen molar-refractivity contribution in [2.75, 3.05) is 0 Å². The van der Waals surface area contributed by atoms with Gasteiger partial charge in [0.15, 0.2) is 0 Å². The smallest absolute Gasteiger partial charge is 0.0664 e. The van der Waals surface area contributed by atoms with Gasteiger partial charge in [0.25, 0.3) is 0 Å². The monoisotopic (exact) mass is 762 g/mol. The van der Waals surface area contributed by atoms with Crippen molar-refractivity contribution in [2.24, 2.45) is 0 Å². The van der Waals surface area contributed by atoms with Gasteiger partial charge in [-0.15, -0.1) is 0 Å². The van der Waals surface area contributed by atoms with Gasteiger partial charge < -0.3 is 0 Å². The Balaban J connectivity index is 1.24. The molecule has 7 aromatic carbocycles. The fourth-order valence-corrected chi connectivity index (χ4v) is 12.5. The summed E-state index contributed by atoms with van der Waals surface area (Å²) in [7, 11) is 0. The van der Waals surface area contributed by atoms with Gasteiger partial charge in [-0.2, -0.15) is 0 Å². The molecule has 1 heteroatoms. The van der Waals surface area contributed by atoms with Crippen molar-refractivity contribution in [1.82, 2.24) is 0 Å². The first kappa shape index (κ1) is 36.7. The molecule has 0 nitrogen and oxygen atoms in total. The van der Waals surface area contributed by atoms with Gasteiger partial charge in [0.05, 0.1) is 0 Å². The molecule has 11 rings (SSSR count). The molecule has 2 aliphatic heterocycles. The van der Waals surface area contributed by atoms with Crippen LogP contribution >= 0.6 is 0 Å². The van der Waals surface area contributed by atoms with Crippen LogP contribution in [0, 0.1) is 13.8 Å². The van der Waals surface area contributed by atoms with E-state index in [0.717, 1.165) is 12.8 Å². The molecule has 59 heavy (non-hydrogen) atoms. The van der Waals surface area contributed by atoms with Crippen molar-refractivity contribution in [2.45, 2.75) is 103 Å². The van der Waals surface area contributed by atoms with E-state index in [9.17, 15) is 0 Å². The Morgan fingerprint density at radius 3 is 1.92 bits per heavy atom. The number of hydrogen-bond acceptors (Lipinski definition) is 0. The minimum Gasteiger partial charge on any atom is -0.0664 e. The zero-order valence-electron chi connectivity index (χ0n) is 36.3. The second-order valence-electron chi connectivity index (χ2n) is 20.9. The van der Waals surface area contributed by atoms with Crippen LogP contribution in [0.4, 0.5) is 0 Å². The Morgan fingerprint density at radius 1 is 0.525 bits per heavy atom. The molecule has 0 aromatic heterocycles. The third-order valence-corrected chi connectivity index (χ3v) is 14.9. The highest BCUT2D eigenvalue weighted by molar-refractivity contribution is 6.97. The lowest BCUT2D eigenvalue weighted by Crippen LogP contribution is -2.63. The van der Waals surface area contributed by atoms with Crippen molar-refractivity contribution < 1.29 is 0 Å². The molecule has 0 radical (unpaired) electrons. The third kappa shape index (κ3) is 5.42. The van der Waals surface area contributed by atoms with E-state index in [-0.39, 0.29) is 34.8 Å². The lowest BCUT2D eigenvalue weighted by molar-refractivity contribution is 0.403. The summed E-state index contributed by atoms with van der Waals surface area (Å²) in [5, 5.41) is 0. The van der Waals surface area contributed by atoms with E-state index in [4.69, 9.17) is 0 Å². The molecule has 2 aliphatic carbocycles. The Labute approximate surface area is 352 Å². The molecule has 7 aromatic rings. The van der Waals surface area contributed by atoms with Crippen molar-refractivity contribution in [3.05, 3.63) is 206 Å². The van der Waals surface area contributed by atoms with E-state index in [1.165, 1.54) is 99.9 Å². The molecular weight excluding hydrogens is 707 g/mol. The van der Waals surface area contributed by atoms with E-state index in [1.54, 1.807) is 11.0 Å². The predicted octanol–water partition coefficient (Wildman–Crippen LogP) is 12.3. The minimum absolute atomic E-state index is 0.0261. The Kier molecular flexibility index (Phi) is 7.81. The summed E-state index contributed by atoms with van der Waals surface area (Å²) in [4.78, 5) is 0. The van der Waals surface area contributed by atoms with Gasteiger partial charge >= 0.3 is 0 Å². The van der Waals surface area contributed by atoms with Gasteiger partial charge in [0.2, 0.25) is 6.71 Å². The molecule has 0 amide bonds. The van der Waals surface area contributed by atoms with Crippen molar-refractivity contribution in [3.8, 4) is 22.3 Å². The molecule has 2 atom stereocenters. The SMILES string of the molecule is Cc1cc2c3c(c1)C(c1cccc4c1-c1ccccc1C4)c1cc(C(C)(C)C)ccc1B3c1cc3c(cc1C2c1ccc(-c2ccccc2)cc1C)C(C)(C)CC3(C)C. The highest BCUT2D eigenvalue weighted by Gasteiger charge is 2.49. The zero-order chi connectivity index (χ0) is 40.7. The predicted molar refractivity (Wildman–Crippen MR) is 251 cm³/mol. The van der Waals surface area contributed by atoms with Crippen molar-refractivity contribution >= 4 is 23.1 Å². The van der Waals surface area contributed by atoms with Crippen LogP contribution in [0.1, 0.15) is 139 Å². The second-order valence-corrected chi connectivity index (χ2v) is 20.9. The van der Waals surface area contributed by atoms with E-state index in [1.807, 2.05) is 0 Å². The van der Waals surface area contributed by atoms with Crippen LogP contribution in [-0.4, -0.2) is 6.71 Å². The first-order chi connectivity index (χ1) is 28.2. The molecule has 2 heterocycles. The quantitative estimate of drug-likeness (QED) is 0.157. The maximum Gasteiger partial charge on any atom is 0.242 e. The van der Waals surface area contributed by atoms with E-state index < -0.39 is 0 Å². The summed E-state index contributed by atoms with van der Waals surface area (Å²) in [5.41, 5.74) is 29.1. The van der Waals surface area contributed by atoms with Gasteiger partial charge in [-0.05, 0) is 132 Å². The number of rotatable bonds is 3.